The smallest absolute Gasteiger partial charge is 0.256 e. The van der Waals surface area contributed by atoms with Gasteiger partial charge in [0.05, 0.1) is 23.0 Å². The zero-order valence-electron chi connectivity index (χ0n) is 16.1. The van der Waals surface area contributed by atoms with Crippen molar-refractivity contribution in [3.63, 3.8) is 0 Å². The van der Waals surface area contributed by atoms with Crippen molar-refractivity contribution < 1.29 is 9.53 Å². The van der Waals surface area contributed by atoms with E-state index in [0.717, 1.165) is 32.8 Å². The Morgan fingerprint density at radius 1 is 1.07 bits per heavy atom. The number of anilines is 1. The highest BCUT2D eigenvalue weighted by atomic mass is 32.1. The van der Waals surface area contributed by atoms with E-state index in [4.69, 9.17) is 4.74 Å². The molecule has 2 heterocycles. The maximum atomic E-state index is 12.7. The lowest BCUT2D eigenvalue weighted by atomic mass is 10.1. The fraction of sp³-hybridized carbons (Fsp3) is 0.190. The molecular formula is C21H20N4O2S. The van der Waals surface area contributed by atoms with E-state index in [9.17, 15) is 4.79 Å². The molecule has 0 spiro atoms. The number of thiazole rings is 1. The van der Waals surface area contributed by atoms with Crippen molar-refractivity contribution in [1.29, 1.82) is 0 Å². The highest BCUT2D eigenvalue weighted by Gasteiger charge is 2.16. The summed E-state index contributed by atoms with van der Waals surface area (Å²) >= 11 is 1.51. The Bertz CT molecular complexity index is 1190. The minimum absolute atomic E-state index is 0.174. The van der Waals surface area contributed by atoms with Gasteiger partial charge in [0.1, 0.15) is 11.6 Å². The van der Waals surface area contributed by atoms with Crippen LogP contribution in [0.4, 0.5) is 5.82 Å². The molecule has 7 heteroatoms. The molecule has 0 bridgehead atoms. The van der Waals surface area contributed by atoms with E-state index in [2.05, 4.69) is 15.4 Å². The number of nitrogens with zero attached hydrogens (tertiary/aromatic N) is 3. The Kier molecular flexibility index (Phi) is 4.60. The summed E-state index contributed by atoms with van der Waals surface area (Å²) < 4.78 is 7.97. The third-order valence-corrected chi connectivity index (χ3v) is 5.62. The molecule has 0 saturated carbocycles. The maximum Gasteiger partial charge on any atom is 0.256 e. The number of fused-ring (bicyclic) bond motifs is 1. The van der Waals surface area contributed by atoms with Crippen LogP contribution < -0.4 is 10.1 Å². The number of hydrogen-bond acceptors (Lipinski definition) is 5. The number of rotatable bonds is 4. The van der Waals surface area contributed by atoms with Gasteiger partial charge in [-0.15, -0.1) is 0 Å². The second kappa shape index (κ2) is 7.09. The number of carbonyl (C=O) groups excluding carboxylic acids is 1. The van der Waals surface area contributed by atoms with Crippen LogP contribution in [-0.4, -0.2) is 27.8 Å². The monoisotopic (exact) mass is 392 g/mol. The third-order valence-electron chi connectivity index (χ3n) is 4.61. The molecule has 0 fully saturated rings. The number of ether oxygens (including phenoxy) is 1. The number of carbonyl (C=O) groups is 1. The van der Waals surface area contributed by atoms with E-state index in [1.54, 1.807) is 11.8 Å². The molecule has 2 aromatic heterocycles. The first-order valence-corrected chi connectivity index (χ1v) is 9.66. The van der Waals surface area contributed by atoms with Gasteiger partial charge >= 0.3 is 0 Å². The largest absolute Gasteiger partial charge is 0.497 e. The van der Waals surface area contributed by atoms with Crippen LogP contribution in [0.1, 0.15) is 27.2 Å². The second-order valence-corrected chi connectivity index (χ2v) is 7.68. The predicted molar refractivity (Wildman–Crippen MR) is 112 cm³/mol. The number of methoxy groups -OCH3 is 1. The van der Waals surface area contributed by atoms with Gasteiger partial charge in [0.25, 0.3) is 5.91 Å². The number of aromatic nitrogens is 3. The Hall–Kier alpha value is -3.19. The van der Waals surface area contributed by atoms with E-state index in [-0.39, 0.29) is 5.91 Å². The number of amides is 1. The quantitative estimate of drug-likeness (QED) is 0.548. The molecule has 28 heavy (non-hydrogen) atoms. The molecule has 0 aliphatic carbocycles. The van der Waals surface area contributed by atoms with Crippen LogP contribution in [0.2, 0.25) is 0 Å². The Morgan fingerprint density at radius 3 is 2.64 bits per heavy atom. The SMILES string of the molecule is COc1ccc2sc(-n3nc(C)cc3NC(=O)c3ccc(C)c(C)c3)nc2c1. The standard InChI is InChI=1S/C21H20N4O2S/c1-12-5-6-15(9-13(12)2)20(26)23-19-10-14(3)24-25(19)21-22-17-11-16(27-4)7-8-18(17)28-21/h5-11H,1-4H3,(H,23,26). The summed E-state index contributed by atoms with van der Waals surface area (Å²) in [7, 11) is 1.63. The van der Waals surface area contributed by atoms with Crippen LogP contribution >= 0.6 is 11.3 Å². The summed E-state index contributed by atoms with van der Waals surface area (Å²) in [5.41, 5.74) is 4.48. The van der Waals surface area contributed by atoms with Crippen molar-refractivity contribution in [3.8, 4) is 10.9 Å². The zero-order valence-corrected chi connectivity index (χ0v) is 16.9. The molecule has 0 radical (unpaired) electrons. The maximum absolute atomic E-state index is 12.7. The minimum atomic E-state index is -0.174. The van der Waals surface area contributed by atoms with Crippen LogP contribution in [0.3, 0.4) is 0 Å². The molecule has 2 aromatic carbocycles. The van der Waals surface area contributed by atoms with Gasteiger partial charge in [-0.25, -0.2) is 4.98 Å². The van der Waals surface area contributed by atoms with Gasteiger partial charge in [0, 0.05) is 17.7 Å². The predicted octanol–water partition coefficient (Wildman–Crippen LogP) is 4.67. The lowest BCUT2D eigenvalue weighted by molar-refractivity contribution is 0.102. The van der Waals surface area contributed by atoms with Crippen molar-refractivity contribution >= 4 is 33.3 Å². The number of hydrogen-bond donors (Lipinski definition) is 1. The van der Waals surface area contributed by atoms with Gasteiger partial charge in [0.2, 0.25) is 5.13 Å². The van der Waals surface area contributed by atoms with E-state index in [1.807, 2.05) is 63.2 Å². The first kappa shape index (κ1) is 18.2. The lowest BCUT2D eigenvalue weighted by Crippen LogP contribution is -2.15. The number of benzene rings is 2. The van der Waals surface area contributed by atoms with Crippen molar-refractivity contribution in [2.45, 2.75) is 20.8 Å². The van der Waals surface area contributed by atoms with E-state index in [1.165, 1.54) is 11.3 Å². The first-order chi connectivity index (χ1) is 13.4. The van der Waals surface area contributed by atoms with Gasteiger partial charge in [-0.2, -0.15) is 9.78 Å². The van der Waals surface area contributed by atoms with Gasteiger partial charge in [0.15, 0.2) is 0 Å². The zero-order chi connectivity index (χ0) is 19.8. The summed E-state index contributed by atoms with van der Waals surface area (Å²) in [5, 5.41) is 8.17. The molecular weight excluding hydrogens is 372 g/mol. The van der Waals surface area contributed by atoms with Gasteiger partial charge in [-0.05, 0) is 56.2 Å². The van der Waals surface area contributed by atoms with Gasteiger partial charge in [-0.1, -0.05) is 17.4 Å². The topological polar surface area (TPSA) is 69.0 Å². The van der Waals surface area contributed by atoms with Crippen LogP contribution in [0.15, 0.2) is 42.5 Å². The van der Waals surface area contributed by atoms with Gasteiger partial charge in [-0.3, -0.25) is 4.79 Å². The Labute approximate surface area is 166 Å². The lowest BCUT2D eigenvalue weighted by Gasteiger charge is -2.08. The summed E-state index contributed by atoms with van der Waals surface area (Å²) in [5.74, 6) is 1.17. The Morgan fingerprint density at radius 2 is 1.89 bits per heavy atom. The van der Waals surface area contributed by atoms with Crippen molar-refractivity contribution in [1.82, 2.24) is 14.8 Å². The van der Waals surface area contributed by atoms with Crippen molar-refractivity contribution in [3.05, 3.63) is 64.8 Å². The third kappa shape index (κ3) is 3.36. The highest BCUT2D eigenvalue weighted by molar-refractivity contribution is 7.20. The normalized spacial score (nSPS) is 11.0. The number of nitrogens with one attached hydrogen (secondary N) is 1. The molecule has 0 atom stereocenters. The van der Waals surface area contributed by atoms with Crippen LogP contribution in [0.25, 0.3) is 15.3 Å². The molecule has 0 unspecified atom stereocenters. The van der Waals surface area contributed by atoms with E-state index in [0.29, 0.717) is 16.5 Å². The fourth-order valence-electron chi connectivity index (χ4n) is 2.92. The summed E-state index contributed by atoms with van der Waals surface area (Å²) in [4.78, 5) is 17.4. The molecule has 1 amide bonds. The van der Waals surface area contributed by atoms with E-state index < -0.39 is 0 Å². The van der Waals surface area contributed by atoms with Crippen LogP contribution in [-0.2, 0) is 0 Å². The van der Waals surface area contributed by atoms with E-state index >= 15 is 0 Å². The fourth-order valence-corrected chi connectivity index (χ4v) is 3.83. The van der Waals surface area contributed by atoms with Crippen molar-refractivity contribution in [2.75, 3.05) is 12.4 Å². The molecule has 0 aliphatic rings. The van der Waals surface area contributed by atoms with Crippen LogP contribution in [0, 0.1) is 20.8 Å². The molecule has 4 aromatic rings. The average molecular weight is 392 g/mol. The molecule has 4 rings (SSSR count). The number of aryl methyl sites for hydroxylation is 3. The highest BCUT2D eigenvalue weighted by Crippen LogP contribution is 2.29. The molecule has 142 valence electrons. The second-order valence-electron chi connectivity index (χ2n) is 6.67. The van der Waals surface area contributed by atoms with Crippen molar-refractivity contribution in [2.24, 2.45) is 0 Å². The minimum Gasteiger partial charge on any atom is -0.497 e. The summed E-state index contributed by atoms with van der Waals surface area (Å²) in [6.07, 6.45) is 0. The first-order valence-electron chi connectivity index (χ1n) is 8.85. The summed E-state index contributed by atoms with van der Waals surface area (Å²) in [6.45, 7) is 5.91. The molecule has 0 saturated heterocycles. The molecule has 0 aliphatic heterocycles. The summed E-state index contributed by atoms with van der Waals surface area (Å²) in [6, 6.07) is 13.3. The average Bonchev–Trinajstić information content (AvgIpc) is 3.25. The van der Waals surface area contributed by atoms with Crippen LogP contribution in [0.5, 0.6) is 5.75 Å². The molecule has 1 N–H and O–H groups in total. The molecule has 6 nitrogen and oxygen atoms in total. The Balaban J connectivity index is 1.68. The van der Waals surface area contributed by atoms with Gasteiger partial charge < -0.3 is 10.1 Å².